The first-order valence-electron chi connectivity index (χ1n) is 5.75. The van der Waals surface area contributed by atoms with Gasteiger partial charge in [-0.25, -0.2) is 0 Å². The van der Waals surface area contributed by atoms with Crippen molar-refractivity contribution < 1.29 is 0 Å². The highest BCUT2D eigenvalue weighted by Crippen LogP contribution is 2.21. The van der Waals surface area contributed by atoms with E-state index in [1.165, 1.54) is 11.1 Å². The molecule has 0 aliphatic heterocycles. The van der Waals surface area contributed by atoms with E-state index >= 15 is 0 Å². The van der Waals surface area contributed by atoms with Crippen LogP contribution < -0.4 is 5.32 Å². The van der Waals surface area contributed by atoms with E-state index in [1.807, 2.05) is 6.07 Å². The van der Waals surface area contributed by atoms with Crippen molar-refractivity contribution >= 4 is 0 Å². The zero-order chi connectivity index (χ0) is 12.1. The Morgan fingerprint density at radius 2 is 1.81 bits per heavy atom. The molecule has 1 rings (SSSR count). The van der Waals surface area contributed by atoms with Crippen molar-refractivity contribution in [2.75, 3.05) is 6.54 Å². The number of aryl methyl sites for hydroxylation is 2. The van der Waals surface area contributed by atoms with Crippen LogP contribution in [0, 0.1) is 31.1 Å². The molecule has 0 saturated carbocycles. The molecule has 0 bridgehead atoms. The van der Waals surface area contributed by atoms with Gasteiger partial charge in [0.15, 0.2) is 0 Å². The fraction of sp³-hybridized carbons (Fsp3) is 0.500. The zero-order valence-electron chi connectivity index (χ0n) is 10.5. The summed E-state index contributed by atoms with van der Waals surface area (Å²) < 4.78 is 0. The molecule has 0 saturated heterocycles. The number of nitriles is 1. The lowest BCUT2D eigenvalue weighted by Gasteiger charge is -2.17. The van der Waals surface area contributed by atoms with Crippen molar-refractivity contribution in [1.82, 2.24) is 5.32 Å². The molecule has 0 spiro atoms. The van der Waals surface area contributed by atoms with Gasteiger partial charge in [0.25, 0.3) is 0 Å². The highest BCUT2D eigenvalue weighted by molar-refractivity contribution is 5.38. The number of hydrogen-bond donors (Lipinski definition) is 1. The van der Waals surface area contributed by atoms with Crippen LogP contribution in [0.5, 0.6) is 0 Å². The summed E-state index contributed by atoms with van der Waals surface area (Å²) in [5, 5.41) is 12.5. The Balaban J connectivity index is 2.92. The molecule has 1 aromatic carbocycles. The van der Waals surface area contributed by atoms with Crippen molar-refractivity contribution in [3.63, 3.8) is 0 Å². The van der Waals surface area contributed by atoms with Crippen LogP contribution in [-0.4, -0.2) is 6.54 Å². The first-order valence-corrected chi connectivity index (χ1v) is 5.75. The van der Waals surface area contributed by atoms with Crippen molar-refractivity contribution in [3.8, 4) is 6.07 Å². The van der Waals surface area contributed by atoms with Crippen LogP contribution >= 0.6 is 0 Å². The Bertz CT molecular complexity index is 368. The maximum Gasteiger partial charge on any atom is 0.121 e. The van der Waals surface area contributed by atoms with Gasteiger partial charge in [0, 0.05) is 0 Å². The van der Waals surface area contributed by atoms with Crippen LogP contribution in [0.3, 0.4) is 0 Å². The monoisotopic (exact) mass is 216 g/mol. The first kappa shape index (κ1) is 12.7. The third kappa shape index (κ3) is 3.08. The van der Waals surface area contributed by atoms with Gasteiger partial charge in [-0.05, 0) is 43.0 Å². The molecular weight excluding hydrogens is 196 g/mol. The minimum atomic E-state index is -0.191. The fourth-order valence-electron chi connectivity index (χ4n) is 1.85. The van der Waals surface area contributed by atoms with E-state index in [1.54, 1.807) is 0 Å². The van der Waals surface area contributed by atoms with Gasteiger partial charge in [-0.1, -0.05) is 32.0 Å². The van der Waals surface area contributed by atoms with Crippen LogP contribution in [0.15, 0.2) is 18.2 Å². The summed E-state index contributed by atoms with van der Waals surface area (Å²) in [4.78, 5) is 0. The second-order valence-corrected chi connectivity index (χ2v) is 4.67. The van der Waals surface area contributed by atoms with Crippen molar-refractivity contribution in [3.05, 3.63) is 34.9 Å². The Labute approximate surface area is 98.3 Å². The number of hydrogen-bond acceptors (Lipinski definition) is 2. The minimum absolute atomic E-state index is 0.191. The molecule has 0 aromatic heterocycles. The summed E-state index contributed by atoms with van der Waals surface area (Å²) in [5.41, 5.74) is 3.50. The largest absolute Gasteiger partial charge is 0.298 e. The number of nitrogens with one attached hydrogen (secondary N) is 1. The van der Waals surface area contributed by atoms with Crippen molar-refractivity contribution in [1.29, 1.82) is 5.26 Å². The molecule has 1 N–H and O–H groups in total. The lowest BCUT2D eigenvalue weighted by atomic mass is 9.96. The molecule has 16 heavy (non-hydrogen) atoms. The van der Waals surface area contributed by atoms with E-state index in [9.17, 15) is 5.26 Å². The molecule has 1 atom stereocenters. The van der Waals surface area contributed by atoms with E-state index in [0.29, 0.717) is 5.92 Å². The number of rotatable bonds is 4. The summed E-state index contributed by atoms with van der Waals surface area (Å²) in [6.45, 7) is 9.28. The number of nitrogens with zero attached hydrogens (tertiary/aromatic N) is 1. The first-order chi connectivity index (χ1) is 7.56. The van der Waals surface area contributed by atoms with Crippen LogP contribution in [0.2, 0.25) is 0 Å². The van der Waals surface area contributed by atoms with Crippen molar-refractivity contribution in [2.45, 2.75) is 33.7 Å². The third-order valence-corrected chi connectivity index (χ3v) is 2.69. The summed E-state index contributed by atoms with van der Waals surface area (Å²) in [5.74, 6) is 0.556. The molecule has 0 fully saturated rings. The van der Waals surface area contributed by atoms with E-state index in [0.717, 1.165) is 12.1 Å². The summed E-state index contributed by atoms with van der Waals surface area (Å²) >= 11 is 0. The summed E-state index contributed by atoms with van der Waals surface area (Å²) in [6, 6.07) is 8.30. The maximum atomic E-state index is 9.23. The molecule has 0 amide bonds. The van der Waals surface area contributed by atoms with Gasteiger partial charge in [0.1, 0.15) is 6.04 Å². The van der Waals surface area contributed by atoms with E-state index in [2.05, 4.69) is 51.2 Å². The topological polar surface area (TPSA) is 35.8 Å². The molecule has 0 aliphatic rings. The summed E-state index contributed by atoms with van der Waals surface area (Å²) in [7, 11) is 0. The molecular formula is C14H20N2. The average Bonchev–Trinajstić information content (AvgIpc) is 2.22. The van der Waals surface area contributed by atoms with Crippen LogP contribution in [0.25, 0.3) is 0 Å². The molecule has 0 heterocycles. The second kappa shape index (κ2) is 5.67. The molecule has 0 aliphatic carbocycles. The molecule has 2 nitrogen and oxygen atoms in total. The van der Waals surface area contributed by atoms with Gasteiger partial charge in [-0.2, -0.15) is 5.26 Å². The van der Waals surface area contributed by atoms with Gasteiger partial charge >= 0.3 is 0 Å². The van der Waals surface area contributed by atoms with Gasteiger partial charge in [-0.15, -0.1) is 0 Å². The lowest BCUT2D eigenvalue weighted by Crippen LogP contribution is -2.25. The number of benzene rings is 1. The highest BCUT2D eigenvalue weighted by atomic mass is 14.9. The quantitative estimate of drug-likeness (QED) is 0.839. The minimum Gasteiger partial charge on any atom is -0.298 e. The summed E-state index contributed by atoms with van der Waals surface area (Å²) in [6.07, 6.45) is 0. The zero-order valence-corrected chi connectivity index (χ0v) is 10.5. The van der Waals surface area contributed by atoms with Crippen LogP contribution in [-0.2, 0) is 0 Å². The normalized spacial score (nSPS) is 12.5. The van der Waals surface area contributed by atoms with Crippen molar-refractivity contribution in [2.24, 2.45) is 5.92 Å². The van der Waals surface area contributed by atoms with E-state index in [4.69, 9.17) is 0 Å². The average molecular weight is 216 g/mol. The fourth-order valence-corrected chi connectivity index (χ4v) is 1.85. The second-order valence-electron chi connectivity index (χ2n) is 4.67. The lowest BCUT2D eigenvalue weighted by molar-refractivity contribution is 0.523. The highest BCUT2D eigenvalue weighted by Gasteiger charge is 2.14. The predicted molar refractivity (Wildman–Crippen MR) is 67.1 cm³/mol. The Hall–Kier alpha value is -1.33. The molecule has 1 unspecified atom stereocenters. The SMILES string of the molecule is Cc1cccc(C)c1C(C#N)NCC(C)C. The molecule has 2 heteroatoms. The van der Waals surface area contributed by atoms with Gasteiger partial charge in [-0.3, -0.25) is 5.32 Å². The van der Waals surface area contributed by atoms with Crippen LogP contribution in [0.1, 0.15) is 36.6 Å². The Morgan fingerprint density at radius 3 is 2.25 bits per heavy atom. The Kier molecular flexibility index (Phi) is 4.52. The standard InChI is InChI=1S/C14H20N2/c1-10(2)9-16-13(8-15)14-11(3)6-5-7-12(14)4/h5-7,10,13,16H,9H2,1-4H3. The smallest absolute Gasteiger partial charge is 0.121 e. The maximum absolute atomic E-state index is 9.23. The van der Waals surface area contributed by atoms with E-state index in [-0.39, 0.29) is 6.04 Å². The predicted octanol–water partition coefficient (Wildman–Crippen LogP) is 3.11. The van der Waals surface area contributed by atoms with Gasteiger partial charge in [0.2, 0.25) is 0 Å². The van der Waals surface area contributed by atoms with Crippen LogP contribution in [0.4, 0.5) is 0 Å². The van der Waals surface area contributed by atoms with E-state index < -0.39 is 0 Å². The molecule has 86 valence electrons. The molecule has 1 aromatic rings. The van der Waals surface area contributed by atoms with Gasteiger partial charge < -0.3 is 0 Å². The molecule has 0 radical (unpaired) electrons. The van der Waals surface area contributed by atoms with Gasteiger partial charge in [0.05, 0.1) is 6.07 Å². The Morgan fingerprint density at radius 1 is 1.25 bits per heavy atom. The third-order valence-electron chi connectivity index (χ3n) is 2.69.